The Labute approximate surface area is 210 Å². The number of aryl methyl sites for hydroxylation is 1. The molecule has 0 radical (unpaired) electrons. The predicted molar refractivity (Wildman–Crippen MR) is 142 cm³/mol. The Hall–Kier alpha value is -0.520. The Balaban J connectivity index is 0.00000480. The molecule has 1 saturated heterocycles. The van der Waals surface area contributed by atoms with E-state index in [1.165, 1.54) is 69.9 Å². The van der Waals surface area contributed by atoms with Gasteiger partial charge in [-0.15, -0.1) is 24.8 Å². The SMILES string of the molecule is CCCCCCCCCOc1ccc(CCC(C)NCCCN2CCOCC2)cc1.Cl.Cl. The van der Waals surface area contributed by atoms with E-state index in [9.17, 15) is 0 Å². The molecule has 1 N–H and O–H groups in total. The maximum Gasteiger partial charge on any atom is 0.119 e. The number of benzene rings is 1. The van der Waals surface area contributed by atoms with Gasteiger partial charge in [0.05, 0.1) is 19.8 Å². The van der Waals surface area contributed by atoms with E-state index in [-0.39, 0.29) is 24.8 Å². The van der Waals surface area contributed by atoms with E-state index in [0.717, 1.165) is 51.6 Å². The van der Waals surface area contributed by atoms with Crippen molar-refractivity contribution in [2.24, 2.45) is 0 Å². The monoisotopic (exact) mass is 490 g/mol. The van der Waals surface area contributed by atoms with Gasteiger partial charge in [0.15, 0.2) is 0 Å². The van der Waals surface area contributed by atoms with E-state index in [0.29, 0.717) is 6.04 Å². The fourth-order valence-corrected chi connectivity index (χ4v) is 3.96. The lowest BCUT2D eigenvalue weighted by molar-refractivity contribution is 0.0374. The molecular formula is C26H48Cl2N2O2. The number of morpholine rings is 1. The summed E-state index contributed by atoms with van der Waals surface area (Å²) in [4.78, 5) is 2.51. The number of halogens is 2. The van der Waals surface area contributed by atoms with Crippen LogP contribution < -0.4 is 10.1 Å². The zero-order chi connectivity index (χ0) is 21.3. The topological polar surface area (TPSA) is 33.7 Å². The highest BCUT2D eigenvalue weighted by atomic mass is 35.5. The number of ether oxygens (including phenoxy) is 2. The van der Waals surface area contributed by atoms with Gasteiger partial charge in [-0.3, -0.25) is 4.90 Å². The van der Waals surface area contributed by atoms with Gasteiger partial charge in [0.25, 0.3) is 0 Å². The Bertz CT molecular complexity index is 525. The van der Waals surface area contributed by atoms with E-state index in [1.807, 2.05) is 0 Å². The molecule has 0 aliphatic carbocycles. The quantitative estimate of drug-likeness (QED) is 0.260. The van der Waals surface area contributed by atoms with E-state index in [2.05, 4.69) is 48.3 Å². The number of hydrogen-bond donors (Lipinski definition) is 1. The van der Waals surface area contributed by atoms with Crippen LogP contribution in [0.2, 0.25) is 0 Å². The fraction of sp³-hybridized carbons (Fsp3) is 0.769. The van der Waals surface area contributed by atoms with Crippen LogP contribution in [0.15, 0.2) is 24.3 Å². The zero-order valence-corrected chi connectivity index (χ0v) is 22.1. The first kappa shape index (κ1) is 31.5. The molecule has 1 fully saturated rings. The van der Waals surface area contributed by atoms with E-state index in [4.69, 9.17) is 9.47 Å². The van der Waals surface area contributed by atoms with Gasteiger partial charge in [0.2, 0.25) is 0 Å². The van der Waals surface area contributed by atoms with E-state index in [1.54, 1.807) is 0 Å². The maximum absolute atomic E-state index is 5.91. The molecule has 1 heterocycles. The first-order valence-electron chi connectivity index (χ1n) is 12.5. The van der Waals surface area contributed by atoms with Crippen molar-refractivity contribution in [3.8, 4) is 5.75 Å². The molecule has 6 heteroatoms. The van der Waals surface area contributed by atoms with E-state index >= 15 is 0 Å². The van der Waals surface area contributed by atoms with Crippen LogP contribution in [0.4, 0.5) is 0 Å². The van der Waals surface area contributed by atoms with Crippen LogP contribution in [0.5, 0.6) is 5.75 Å². The second-order valence-corrected chi connectivity index (χ2v) is 8.82. The van der Waals surface area contributed by atoms with Crippen LogP contribution in [0.25, 0.3) is 0 Å². The molecule has 0 aromatic heterocycles. The molecule has 0 saturated carbocycles. The molecule has 1 unspecified atom stereocenters. The predicted octanol–water partition coefficient (Wildman–Crippen LogP) is 6.29. The minimum absolute atomic E-state index is 0. The number of rotatable bonds is 17. The fourth-order valence-electron chi connectivity index (χ4n) is 3.96. The molecule has 1 aliphatic heterocycles. The molecule has 32 heavy (non-hydrogen) atoms. The molecule has 1 aromatic rings. The number of nitrogens with one attached hydrogen (secondary N) is 1. The van der Waals surface area contributed by atoms with Crippen molar-refractivity contribution in [1.29, 1.82) is 0 Å². The lowest BCUT2D eigenvalue weighted by Crippen LogP contribution is -2.38. The summed E-state index contributed by atoms with van der Waals surface area (Å²) >= 11 is 0. The smallest absolute Gasteiger partial charge is 0.119 e. The minimum Gasteiger partial charge on any atom is -0.494 e. The molecule has 1 atom stereocenters. The molecular weight excluding hydrogens is 443 g/mol. The van der Waals surface area contributed by atoms with Gasteiger partial charge in [-0.1, -0.05) is 57.6 Å². The second kappa shape index (κ2) is 21.0. The normalized spacial score (nSPS) is 14.9. The van der Waals surface area contributed by atoms with Crippen molar-refractivity contribution in [2.75, 3.05) is 46.0 Å². The molecule has 188 valence electrons. The highest BCUT2D eigenvalue weighted by Gasteiger charge is 2.09. The van der Waals surface area contributed by atoms with Gasteiger partial charge in [-0.05, 0) is 63.4 Å². The van der Waals surface area contributed by atoms with Crippen molar-refractivity contribution in [3.63, 3.8) is 0 Å². The number of nitrogens with zero attached hydrogens (tertiary/aromatic N) is 1. The van der Waals surface area contributed by atoms with Crippen molar-refractivity contribution in [3.05, 3.63) is 29.8 Å². The molecule has 2 rings (SSSR count). The van der Waals surface area contributed by atoms with Crippen molar-refractivity contribution in [2.45, 2.75) is 84.1 Å². The zero-order valence-electron chi connectivity index (χ0n) is 20.5. The van der Waals surface area contributed by atoms with Gasteiger partial charge in [-0.25, -0.2) is 0 Å². The van der Waals surface area contributed by atoms with E-state index < -0.39 is 0 Å². The Morgan fingerprint density at radius 3 is 2.28 bits per heavy atom. The lowest BCUT2D eigenvalue weighted by Gasteiger charge is -2.26. The maximum atomic E-state index is 5.91. The first-order valence-corrected chi connectivity index (χ1v) is 12.5. The number of unbranched alkanes of at least 4 members (excludes halogenated alkanes) is 6. The minimum atomic E-state index is 0. The third-order valence-corrected chi connectivity index (χ3v) is 6.05. The standard InChI is InChI=1S/C26H46N2O2.2ClH/c1-3-4-5-6-7-8-9-21-30-26-15-13-25(14-16-26)12-11-24(2)27-17-10-18-28-19-22-29-23-20-28;;/h13-16,24,27H,3-12,17-23H2,1-2H3;2*1H. The van der Waals surface area contributed by atoms with Crippen LogP contribution in [0.1, 0.15) is 77.2 Å². The summed E-state index contributed by atoms with van der Waals surface area (Å²) in [5.41, 5.74) is 1.40. The van der Waals surface area contributed by atoms with Crippen molar-refractivity contribution < 1.29 is 9.47 Å². The molecule has 1 aromatic carbocycles. The van der Waals surface area contributed by atoms with Crippen LogP contribution in [0, 0.1) is 0 Å². The molecule has 0 spiro atoms. The van der Waals surface area contributed by atoms with Gasteiger partial charge < -0.3 is 14.8 Å². The van der Waals surface area contributed by atoms with Crippen LogP contribution >= 0.6 is 24.8 Å². The largest absolute Gasteiger partial charge is 0.494 e. The van der Waals surface area contributed by atoms with Crippen LogP contribution in [-0.4, -0.2) is 56.9 Å². The summed E-state index contributed by atoms with van der Waals surface area (Å²) in [6.45, 7) is 11.7. The van der Waals surface area contributed by atoms with Crippen molar-refractivity contribution in [1.82, 2.24) is 10.2 Å². The average molecular weight is 492 g/mol. The number of hydrogen-bond acceptors (Lipinski definition) is 4. The third kappa shape index (κ3) is 15.3. The van der Waals surface area contributed by atoms with Crippen LogP contribution in [0.3, 0.4) is 0 Å². The highest BCUT2D eigenvalue weighted by molar-refractivity contribution is 5.85. The second-order valence-electron chi connectivity index (χ2n) is 8.82. The van der Waals surface area contributed by atoms with Crippen molar-refractivity contribution >= 4 is 24.8 Å². The summed E-state index contributed by atoms with van der Waals surface area (Å²) in [6, 6.07) is 9.28. The van der Waals surface area contributed by atoms with Gasteiger partial charge >= 0.3 is 0 Å². The molecule has 1 aliphatic rings. The van der Waals surface area contributed by atoms with Gasteiger partial charge in [0.1, 0.15) is 5.75 Å². The molecule has 4 nitrogen and oxygen atoms in total. The lowest BCUT2D eigenvalue weighted by atomic mass is 10.1. The summed E-state index contributed by atoms with van der Waals surface area (Å²) < 4.78 is 11.3. The average Bonchev–Trinajstić information content (AvgIpc) is 2.78. The van der Waals surface area contributed by atoms with Crippen LogP contribution in [-0.2, 0) is 11.2 Å². The first-order chi connectivity index (χ1) is 14.8. The highest BCUT2D eigenvalue weighted by Crippen LogP contribution is 2.15. The Kier molecular flexibility index (Phi) is 20.7. The summed E-state index contributed by atoms with van der Waals surface area (Å²) in [5, 5.41) is 3.68. The van der Waals surface area contributed by atoms with Gasteiger partial charge in [0, 0.05) is 19.1 Å². The Morgan fingerprint density at radius 2 is 1.59 bits per heavy atom. The summed E-state index contributed by atoms with van der Waals surface area (Å²) in [5.74, 6) is 1.01. The summed E-state index contributed by atoms with van der Waals surface area (Å²) in [6.07, 6.45) is 12.8. The summed E-state index contributed by atoms with van der Waals surface area (Å²) in [7, 11) is 0. The third-order valence-electron chi connectivity index (χ3n) is 6.05. The Morgan fingerprint density at radius 1 is 0.938 bits per heavy atom. The molecule has 0 bridgehead atoms. The van der Waals surface area contributed by atoms with Gasteiger partial charge in [-0.2, -0.15) is 0 Å². The molecule has 0 amide bonds.